The molecule has 0 fully saturated rings. The largest absolute Gasteiger partial charge is 0.506 e. The monoisotopic (exact) mass is 902 g/mol. The molecule has 0 spiro atoms. The van der Waals surface area contributed by atoms with Crippen molar-refractivity contribution in [2.75, 3.05) is 4.90 Å². The minimum absolute atomic E-state index is 0. The molecule has 0 saturated carbocycles. The van der Waals surface area contributed by atoms with E-state index in [1.807, 2.05) is 47.6 Å². The fourth-order valence-corrected chi connectivity index (χ4v) is 8.27. The minimum Gasteiger partial charge on any atom is -0.506 e. The number of anilines is 1. The molecule has 6 heteroatoms. The Morgan fingerprint density at radius 1 is 0.811 bits per heavy atom. The first kappa shape index (κ1) is 40.5. The fourth-order valence-electron chi connectivity index (χ4n) is 6.95. The van der Waals surface area contributed by atoms with Crippen molar-refractivity contribution in [2.24, 2.45) is 11.3 Å². The van der Waals surface area contributed by atoms with Crippen molar-refractivity contribution < 1.29 is 25.2 Å². The summed E-state index contributed by atoms with van der Waals surface area (Å²) in [6, 6.07) is 29.4. The average molecular weight is 902 g/mol. The Balaban J connectivity index is 0.000000216. The first-order valence-corrected chi connectivity index (χ1v) is 19.4. The Bertz CT molecular complexity index is 2250. The number of hydrogen-bond donors (Lipinski definition) is 1. The van der Waals surface area contributed by atoms with Crippen LogP contribution in [0, 0.1) is 24.1 Å². The zero-order chi connectivity index (χ0) is 37.6. The Morgan fingerprint density at radius 2 is 1.51 bits per heavy atom. The van der Waals surface area contributed by atoms with E-state index in [4.69, 9.17) is 4.98 Å². The number of phenols is 1. The molecule has 0 atom stereocenters. The van der Waals surface area contributed by atoms with E-state index in [1.54, 1.807) is 6.07 Å². The van der Waals surface area contributed by atoms with E-state index in [0.29, 0.717) is 11.7 Å². The van der Waals surface area contributed by atoms with Gasteiger partial charge >= 0.3 is 0 Å². The molecule has 0 aliphatic carbocycles. The van der Waals surface area contributed by atoms with Crippen molar-refractivity contribution in [3.8, 4) is 17.0 Å². The van der Waals surface area contributed by atoms with Gasteiger partial charge in [-0.3, -0.25) is 4.98 Å². The van der Waals surface area contributed by atoms with Gasteiger partial charge < -0.3 is 14.9 Å². The van der Waals surface area contributed by atoms with Gasteiger partial charge in [-0.2, -0.15) is 6.67 Å². The van der Waals surface area contributed by atoms with Gasteiger partial charge in [0.1, 0.15) is 5.75 Å². The van der Waals surface area contributed by atoms with Crippen LogP contribution in [0.2, 0.25) is 0 Å². The van der Waals surface area contributed by atoms with Gasteiger partial charge in [0.05, 0.1) is 5.69 Å². The van der Waals surface area contributed by atoms with Crippen molar-refractivity contribution in [1.82, 2.24) is 9.88 Å². The molecule has 2 aromatic heterocycles. The van der Waals surface area contributed by atoms with Gasteiger partial charge in [-0.15, -0.1) is 40.5 Å². The first-order chi connectivity index (χ1) is 24.4. The van der Waals surface area contributed by atoms with Crippen LogP contribution in [0.25, 0.3) is 42.2 Å². The van der Waals surface area contributed by atoms with Crippen LogP contribution in [0.15, 0.2) is 91.4 Å². The summed E-state index contributed by atoms with van der Waals surface area (Å²) in [5, 5.41) is 15.3. The number of pyridine rings is 1. The van der Waals surface area contributed by atoms with Gasteiger partial charge in [0, 0.05) is 52.3 Å². The van der Waals surface area contributed by atoms with E-state index < -0.39 is 0 Å². The van der Waals surface area contributed by atoms with Crippen LogP contribution in [0.5, 0.6) is 5.75 Å². The predicted molar refractivity (Wildman–Crippen MR) is 225 cm³/mol. The molecule has 4 nitrogen and oxygen atoms in total. The zero-order valence-corrected chi connectivity index (χ0v) is 36.5. The number of aromatic nitrogens is 1. The van der Waals surface area contributed by atoms with Gasteiger partial charge in [0.25, 0.3) is 0 Å². The van der Waals surface area contributed by atoms with Crippen molar-refractivity contribution in [3.05, 3.63) is 121 Å². The summed E-state index contributed by atoms with van der Waals surface area (Å²) in [5.41, 5.74) is 7.31. The zero-order valence-electron chi connectivity index (χ0n) is 33.3. The molecular formula is C47H55IrN3OS-2. The number of thiophene rings is 1. The number of hydrogen-bond acceptors (Lipinski definition) is 5. The van der Waals surface area contributed by atoms with Crippen LogP contribution in [-0.2, 0) is 38.4 Å². The summed E-state index contributed by atoms with van der Waals surface area (Å²) in [6.45, 7) is 26.6. The number of fused-ring (bicyclic) bond motifs is 4. The summed E-state index contributed by atoms with van der Waals surface area (Å²) >= 11 is 1.89. The third-order valence-electron chi connectivity index (χ3n) is 9.43. The van der Waals surface area contributed by atoms with Crippen LogP contribution in [0.3, 0.4) is 0 Å². The molecule has 0 bridgehead atoms. The molecule has 0 amide bonds. The summed E-state index contributed by atoms with van der Waals surface area (Å²) in [5.74, 6) is 0.945. The summed E-state index contributed by atoms with van der Waals surface area (Å²) < 4.78 is 2.66. The van der Waals surface area contributed by atoms with Crippen molar-refractivity contribution >= 4 is 48.0 Å². The van der Waals surface area contributed by atoms with E-state index in [2.05, 4.69) is 148 Å². The van der Waals surface area contributed by atoms with Crippen LogP contribution in [0.1, 0.15) is 92.9 Å². The topological polar surface area (TPSA) is 39.6 Å². The second-order valence-electron chi connectivity index (χ2n) is 17.9. The number of rotatable bonds is 5. The maximum absolute atomic E-state index is 10.2. The molecule has 4 aromatic carbocycles. The third kappa shape index (κ3) is 9.16. The van der Waals surface area contributed by atoms with E-state index in [-0.39, 0.29) is 36.5 Å². The molecule has 1 radical (unpaired) electrons. The molecule has 0 saturated heterocycles. The molecule has 6 aromatic rings. The summed E-state index contributed by atoms with van der Waals surface area (Å²) in [6.07, 6.45) is 8.07. The average Bonchev–Trinajstić information content (AvgIpc) is 3.71. The molecule has 3 heterocycles. The van der Waals surface area contributed by atoms with E-state index in [9.17, 15) is 5.11 Å². The number of benzene rings is 4. The molecule has 1 aliphatic heterocycles. The molecule has 1 aliphatic rings. The second-order valence-corrected chi connectivity index (χ2v) is 18.9. The minimum atomic E-state index is 0. The van der Waals surface area contributed by atoms with Crippen LogP contribution in [0.4, 0.5) is 5.69 Å². The Morgan fingerprint density at radius 3 is 2.17 bits per heavy atom. The van der Waals surface area contributed by atoms with Gasteiger partial charge in [-0.1, -0.05) is 109 Å². The van der Waals surface area contributed by atoms with Crippen molar-refractivity contribution in [1.29, 1.82) is 0 Å². The SMILES string of the molecule is CC(C)(C)Cc1ccc(O)c(N2C=CN(C(C)(C)C)[CH-]2)c1.CC(C)Cc1cccc2c1sc1c(-c3[c-]c4ccccc4c(C(C)(C)C)c3)nccc12.[Ir]. The van der Waals surface area contributed by atoms with Crippen molar-refractivity contribution in [3.63, 3.8) is 0 Å². The predicted octanol–water partition coefficient (Wildman–Crippen LogP) is 13.1. The number of nitrogens with zero attached hydrogens (tertiary/aromatic N) is 3. The molecule has 0 unspecified atom stereocenters. The molecule has 281 valence electrons. The van der Waals surface area contributed by atoms with Crippen LogP contribution >= 0.6 is 11.3 Å². The summed E-state index contributed by atoms with van der Waals surface area (Å²) in [4.78, 5) is 8.99. The Labute approximate surface area is 335 Å². The molecule has 53 heavy (non-hydrogen) atoms. The van der Waals surface area contributed by atoms with Gasteiger partial charge in [0.15, 0.2) is 0 Å². The molecular weight excluding hydrogens is 847 g/mol. The van der Waals surface area contributed by atoms with Crippen LogP contribution in [-0.4, -0.2) is 20.5 Å². The number of aromatic hydroxyl groups is 1. The summed E-state index contributed by atoms with van der Waals surface area (Å²) in [7, 11) is 0. The Kier molecular flexibility index (Phi) is 11.9. The fraction of sp³-hybridized carbons (Fsp3) is 0.362. The van der Waals surface area contributed by atoms with Gasteiger partial charge in [-0.25, -0.2) is 0 Å². The maximum atomic E-state index is 10.2. The van der Waals surface area contributed by atoms with E-state index in [1.165, 1.54) is 42.2 Å². The maximum Gasteiger partial charge on any atom is 0.136 e. The normalized spacial score (nSPS) is 13.6. The standard InChI is InChI=1S/C29H28NS.C18H27N2O.Ir/c1-18(2)15-20-10-8-12-23-24-13-14-30-26(28(24)31-27(20)23)21-16-19-9-6-7-11-22(19)25(17-21)29(3,4)5;1-17(2,3)12-14-7-8-16(21)15(11-14)19-9-10-20(13-19)18(4,5)6;/h6-14,17-18H,15H2,1-5H3;7-11,13,21H,12H2,1-6H3;/q2*-1;. The van der Waals surface area contributed by atoms with E-state index in [0.717, 1.165) is 35.2 Å². The number of phenolic OH excluding ortho intramolecular Hbond substituents is 1. The van der Waals surface area contributed by atoms with Gasteiger partial charge in [-0.05, 0) is 97.5 Å². The third-order valence-corrected chi connectivity index (χ3v) is 10.7. The molecule has 7 rings (SSSR count). The van der Waals surface area contributed by atoms with E-state index >= 15 is 0 Å². The second kappa shape index (κ2) is 15.6. The quantitative estimate of drug-likeness (QED) is 0.175. The van der Waals surface area contributed by atoms with Crippen LogP contribution < -0.4 is 4.90 Å². The molecule has 1 N–H and O–H groups in total. The van der Waals surface area contributed by atoms with Gasteiger partial charge in [0.2, 0.25) is 0 Å². The Hall–Kier alpha value is -3.70. The van der Waals surface area contributed by atoms with Crippen molar-refractivity contribution in [2.45, 2.75) is 100.0 Å². The first-order valence-electron chi connectivity index (χ1n) is 18.6. The smallest absolute Gasteiger partial charge is 0.136 e.